The van der Waals surface area contributed by atoms with Gasteiger partial charge >= 0.3 is 5.97 Å². The van der Waals surface area contributed by atoms with E-state index in [0.717, 1.165) is 25.7 Å². The maximum Gasteiger partial charge on any atom is 0.323 e. The molecule has 1 amide bonds. The van der Waals surface area contributed by atoms with Gasteiger partial charge < -0.3 is 15.7 Å². The number of rotatable bonds is 6. The van der Waals surface area contributed by atoms with Gasteiger partial charge in [0.2, 0.25) is 5.91 Å². The van der Waals surface area contributed by atoms with Crippen LogP contribution in [0.1, 0.15) is 25.7 Å². The SMILES string of the molecule is NCC1(C(=O)N(CC(=O)O)CC2CC2)CC1. The van der Waals surface area contributed by atoms with E-state index >= 15 is 0 Å². The summed E-state index contributed by atoms with van der Waals surface area (Å²) in [4.78, 5) is 24.4. The molecule has 90 valence electrons. The maximum absolute atomic E-state index is 12.1. The smallest absolute Gasteiger partial charge is 0.323 e. The van der Waals surface area contributed by atoms with Crippen LogP contribution < -0.4 is 5.73 Å². The second-order valence-electron chi connectivity index (χ2n) is 5.01. The predicted octanol–water partition coefficient (Wildman–Crippen LogP) is 0.0485. The van der Waals surface area contributed by atoms with Crippen molar-refractivity contribution in [1.29, 1.82) is 0 Å². The minimum atomic E-state index is -0.943. The Morgan fingerprint density at radius 3 is 2.38 bits per heavy atom. The number of nitrogens with two attached hydrogens (primary N) is 1. The molecule has 2 saturated carbocycles. The zero-order chi connectivity index (χ0) is 11.8. The number of aliphatic carboxylic acids is 1. The van der Waals surface area contributed by atoms with E-state index in [-0.39, 0.29) is 12.5 Å². The molecule has 0 radical (unpaired) electrons. The van der Waals surface area contributed by atoms with Gasteiger partial charge in [-0.25, -0.2) is 0 Å². The molecule has 2 aliphatic carbocycles. The van der Waals surface area contributed by atoms with E-state index in [1.54, 1.807) is 0 Å². The van der Waals surface area contributed by atoms with Gasteiger partial charge in [-0.2, -0.15) is 0 Å². The molecular formula is C11H18N2O3. The van der Waals surface area contributed by atoms with Crippen LogP contribution in [0.2, 0.25) is 0 Å². The first-order valence-corrected chi connectivity index (χ1v) is 5.79. The molecule has 5 heteroatoms. The summed E-state index contributed by atoms with van der Waals surface area (Å²) < 4.78 is 0. The van der Waals surface area contributed by atoms with Gasteiger partial charge in [-0.05, 0) is 31.6 Å². The van der Waals surface area contributed by atoms with E-state index in [0.29, 0.717) is 19.0 Å². The number of carboxylic acid groups (broad SMARTS) is 1. The van der Waals surface area contributed by atoms with E-state index < -0.39 is 11.4 Å². The quantitative estimate of drug-likeness (QED) is 0.670. The lowest BCUT2D eigenvalue weighted by Gasteiger charge is -2.25. The summed E-state index contributed by atoms with van der Waals surface area (Å²) in [6, 6.07) is 0. The average molecular weight is 226 g/mol. The van der Waals surface area contributed by atoms with Gasteiger partial charge in [-0.15, -0.1) is 0 Å². The van der Waals surface area contributed by atoms with E-state index in [1.807, 2.05) is 0 Å². The summed E-state index contributed by atoms with van der Waals surface area (Å²) in [6.45, 7) is 0.747. The molecule has 5 nitrogen and oxygen atoms in total. The lowest BCUT2D eigenvalue weighted by molar-refractivity contribution is -0.147. The number of carbonyl (C=O) groups is 2. The fourth-order valence-corrected chi connectivity index (χ4v) is 1.99. The highest BCUT2D eigenvalue weighted by molar-refractivity contribution is 5.88. The number of nitrogens with zero attached hydrogens (tertiary/aromatic N) is 1. The third kappa shape index (κ3) is 2.35. The standard InChI is InChI=1S/C11H18N2O3/c12-7-11(3-4-11)10(16)13(6-9(14)15)5-8-1-2-8/h8H,1-7,12H2,(H,14,15). The van der Waals surface area contributed by atoms with E-state index in [1.165, 1.54) is 4.90 Å². The van der Waals surface area contributed by atoms with Crippen LogP contribution in [0.25, 0.3) is 0 Å². The molecule has 0 saturated heterocycles. The number of hydrogen-bond acceptors (Lipinski definition) is 3. The summed E-state index contributed by atoms with van der Waals surface area (Å²) in [5.74, 6) is -0.483. The monoisotopic (exact) mass is 226 g/mol. The molecule has 2 rings (SSSR count). The Bertz CT molecular complexity index is 308. The zero-order valence-electron chi connectivity index (χ0n) is 9.32. The summed E-state index contributed by atoms with van der Waals surface area (Å²) in [6.07, 6.45) is 3.84. The molecular weight excluding hydrogens is 208 g/mol. The highest BCUT2D eigenvalue weighted by Gasteiger charge is 2.51. The predicted molar refractivity (Wildman–Crippen MR) is 57.7 cm³/mol. The Morgan fingerprint density at radius 1 is 1.38 bits per heavy atom. The minimum Gasteiger partial charge on any atom is -0.480 e. The second-order valence-corrected chi connectivity index (χ2v) is 5.01. The fraction of sp³-hybridized carbons (Fsp3) is 0.818. The van der Waals surface area contributed by atoms with E-state index in [4.69, 9.17) is 10.8 Å². The van der Waals surface area contributed by atoms with Crippen LogP contribution in [-0.2, 0) is 9.59 Å². The number of carboxylic acids is 1. The first-order valence-electron chi connectivity index (χ1n) is 5.79. The third-order valence-corrected chi connectivity index (χ3v) is 3.49. The summed E-state index contributed by atoms with van der Waals surface area (Å²) in [5, 5.41) is 8.80. The van der Waals surface area contributed by atoms with Crippen molar-refractivity contribution in [3.63, 3.8) is 0 Å². The van der Waals surface area contributed by atoms with Crippen LogP contribution in [0.4, 0.5) is 0 Å². The molecule has 0 aromatic heterocycles. The number of hydrogen-bond donors (Lipinski definition) is 2. The summed E-state index contributed by atoms with van der Waals surface area (Å²) >= 11 is 0. The molecule has 2 aliphatic rings. The first-order chi connectivity index (χ1) is 7.57. The van der Waals surface area contributed by atoms with Crippen molar-refractivity contribution in [2.45, 2.75) is 25.7 Å². The molecule has 0 heterocycles. The Balaban J connectivity index is 1.98. The van der Waals surface area contributed by atoms with Crippen LogP contribution in [0.3, 0.4) is 0 Å². The van der Waals surface area contributed by atoms with Gasteiger partial charge in [-0.3, -0.25) is 9.59 Å². The minimum absolute atomic E-state index is 0.0516. The third-order valence-electron chi connectivity index (χ3n) is 3.49. The molecule has 0 atom stereocenters. The van der Waals surface area contributed by atoms with Crippen molar-refractivity contribution in [2.75, 3.05) is 19.6 Å². The van der Waals surface area contributed by atoms with E-state index in [2.05, 4.69) is 0 Å². The molecule has 16 heavy (non-hydrogen) atoms. The lowest BCUT2D eigenvalue weighted by atomic mass is 10.1. The maximum atomic E-state index is 12.1. The molecule has 0 bridgehead atoms. The van der Waals surface area contributed by atoms with Crippen LogP contribution in [0, 0.1) is 11.3 Å². The van der Waals surface area contributed by atoms with Crippen LogP contribution in [0.15, 0.2) is 0 Å². The molecule has 2 fully saturated rings. The fourth-order valence-electron chi connectivity index (χ4n) is 1.99. The Morgan fingerprint density at radius 2 is 2.00 bits per heavy atom. The van der Waals surface area contributed by atoms with Crippen molar-refractivity contribution in [3.8, 4) is 0 Å². The Hall–Kier alpha value is -1.10. The molecule has 0 unspecified atom stereocenters. The van der Waals surface area contributed by atoms with Crippen molar-refractivity contribution in [1.82, 2.24) is 4.90 Å². The highest BCUT2D eigenvalue weighted by Crippen LogP contribution is 2.46. The molecule has 0 aromatic carbocycles. The van der Waals surface area contributed by atoms with Crippen LogP contribution >= 0.6 is 0 Å². The number of amides is 1. The number of carbonyl (C=O) groups excluding carboxylic acids is 1. The van der Waals surface area contributed by atoms with Crippen molar-refractivity contribution in [3.05, 3.63) is 0 Å². The second kappa shape index (κ2) is 4.05. The van der Waals surface area contributed by atoms with Crippen molar-refractivity contribution in [2.24, 2.45) is 17.1 Å². The lowest BCUT2D eigenvalue weighted by Crippen LogP contribution is -2.44. The molecule has 0 spiro atoms. The van der Waals surface area contributed by atoms with Gasteiger partial charge in [0.05, 0.1) is 5.41 Å². The average Bonchev–Trinajstić information content (AvgIpc) is 3.11. The van der Waals surface area contributed by atoms with Crippen LogP contribution in [0.5, 0.6) is 0 Å². The molecule has 0 aliphatic heterocycles. The van der Waals surface area contributed by atoms with Gasteiger partial charge in [0, 0.05) is 13.1 Å². The van der Waals surface area contributed by atoms with Gasteiger partial charge in [0.25, 0.3) is 0 Å². The van der Waals surface area contributed by atoms with Crippen molar-refractivity contribution < 1.29 is 14.7 Å². The Kier molecular flexibility index (Phi) is 2.88. The van der Waals surface area contributed by atoms with Gasteiger partial charge in [0.15, 0.2) is 0 Å². The zero-order valence-corrected chi connectivity index (χ0v) is 9.32. The first kappa shape index (κ1) is 11.4. The normalized spacial score (nSPS) is 21.6. The molecule has 3 N–H and O–H groups in total. The topological polar surface area (TPSA) is 83.6 Å². The summed E-state index contributed by atoms with van der Waals surface area (Å²) in [5.41, 5.74) is 5.16. The van der Waals surface area contributed by atoms with Crippen LogP contribution in [-0.4, -0.2) is 41.5 Å². The largest absolute Gasteiger partial charge is 0.480 e. The molecule has 0 aromatic rings. The Labute approximate surface area is 94.6 Å². The summed E-state index contributed by atoms with van der Waals surface area (Å²) in [7, 11) is 0. The van der Waals surface area contributed by atoms with Gasteiger partial charge in [-0.1, -0.05) is 0 Å². The van der Waals surface area contributed by atoms with Crippen molar-refractivity contribution >= 4 is 11.9 Å². The highest BCUT2D eigenvalue weighted by atomic mass is 16.4. The van der Waals surface area contributed by atoms with Gasteiger partial charge in [0.1, 0.15) is 6.54 Å². The van der Waals surface area contributed by atoms with E-state index in [9.17, 15) is 9.59 Å².